The highest BCUT2D eigenvalue weighted by molar-refractivity contribution is 7.99. The summed E-state index contributed by atoms with van der Waals surface area (Å²) in [6.07, 6.45) is 2.87. The predicted octanol–water partition coefficient (Wildman–Crippen LogP) is 3.62. The summed E-state index contributed by atoms with van der Waals surface area (Å²) >= 11 is 1.66. The molecule has 1 aromatic carbocycles. The number of piperazine rings is 1. The summed E-state index contributed by atoms with van der Waals surface area (Å²) < 4.78 is 5.52. The van der Waals surface area contributed by atoms with Crippen LogP contribution in [0.1, 0.15) is 23.7 Å². The number of carbonyl (C=O) groups excluding carboxylic acids is 1. The molecule has 2 heterocycles. The zero-order valence-electron chi connectivity index (χ0n) is 17.7. The average molecular weight is 415 g/mol. The second kappa shape index (κ2) is 9.87. The number of hydrogen-bond donors (Lipinski definition) is 0. The largest absolute Gasteiger partial charge is 0.495 e. The lowest BCUT2D eigenvalue weighted by atomic mass is 10.1. The number of rotatable bonds is 7. The van der Waals surface area contributed by atoms with Crippen LogP contribution < -0.4 is 14.5 Å². The van der Waals surface area contributed by atoms with Gasteiger partial charge in [0.25, 0.3) is 5.91 Å². The number of nitrogens with zero attached hydrogens (tertiary/aromatic N) is 4. The highest BCUT2D eigenvalue weighted by atomic mass is 32.2. The van der Waals surface area contributed by atoms with Crippen molar-refractivity contribution in [2.24, 2.45) is 0 Å². The lowest BCUT2D eigenvalue weighted by Gasteiger charge is -2.38. The Morgan fingerprint density at radius 1 is 1.10 bits per heavy atom. The number of thioether (sulfide) groups is 1. The zero-order chi connectivity index (χ0) is 20.8. The Morgan fingerprint density at radius 2 is 1.76 bits per heavy atom. The van der Waals surface area contributed by atoms with Crippen LogP contribution >= 0.6 is 11.8 Å². The molecule has 0 radical (unpaired) electrons. The Kier molecular flexibility index (Phi) is 7.25. The lowest BCUT2D eigenvalue weighted by Crippen LogP contribution is -2.47. The summed E-state index contributed by atoms with van der Waals surface area (Å²) in [5, 5.41) is 0.829. The van der Waals surface area contributed by atoms with E-state index in [2.05, 4.69) is 27.8 Å². The van der Waals surface area contributed by atoms with Gasteiger partial charge in [0.2, 0.25) is 0 Å². The molecule has 7 heteroatoms. The number of benzene rings is 1. The van der Waals surface area contributed by atoms with Gasteiger partial charge in [-0.3, -0.25) is 4.79 Å². The van der Waals surface area contributed by atoms with Crippen LogP contribution in [0.2, 0.25) is 0 Å². The highest BCUT2D eigenvalue weighted by Gasteiger charge is 2.26. The van der Waals surface area contributed by atoms with Gasteiger partial charge < -0.3 is 19.4 Å². The number of pyridine rings is 1. The van der Waals surface area contributed by atoms with Crippen molar-refractivity contribution in [2.45, 2.75) is 18.4 Å². The van der Waals surface area contributed by atoms with Crippen molar-refractivity contribution in [3.8, 4) is 5.75 Å². The minimum absolute atomic E-state index is 0.0128. The van der Waals surface area contributed by atoms with Crippen molar-refractivity contribution >= 4 is 29.0 Å². The van der Waals surface area contributed by atoms with E-state index in [-0.39, 0.29) is 5.91 Å². The van der Waals surface area contributed by atoms with E-state index in [9.17, 15) is 4.79 Å². The van der Waals surface area contributed by atoms with E-state index in [1.165, 1.54) is 0 Å². The van der Waals surface area contributed by atoms with Crippen molar-refractivity contribution in [3.05, 3.63) is 42.1 Å². The topological polar surface area (TPSA) is 48.9 Å². The summed E-state index contributed by atoms with van der Waals surface area (Å²) in [6.45, 7) is 5.56. The molecule has 156 valence electrons. The molecule has 0 bridgehead atoms. The van der Waals surface area contributed by atoms with Gasteiger partial charge in [0.15, 0.2) is 0 Å². The minimum atomic E-state index is 0.0128. The third-order valence-electron chi connectivity index (χ3n) is 5.00. The predicted molar refractivity (Wildman–Crippen MR) is 121 cm³/mol. The molecular formula is C22H30N4O2S. The minimum Gasteiger partial charge on any atom is -0.495 e. The second-order valence-electron chi connectivity index (χ2n) is 7.20. The van der Waals surface area contributed by atoms with Crippen LogP contribution in [0.25, 0.3) is 0 Å². The maximum Gasteiger partial charge on any atom is 0.258 e. The van der Waals surface area contributed by atoms with Crippen LogP contribution in [0.4, 0.5) is 11.4 Å². The third-order valence-corrected chi connectivity index (χ3v) is 6.20. The molecule has 1 fully saturated rings. The first-order valence-corrected chi connectivity index (χ1v) is 11.0. The molecule has 1 amide bonds. The summed E-state index contributed by atoms with van der Waals surface area (Å²) in [5.74, 6) is 1.86. The number of para-hydroxylation sites is 2. The molecule has 0 unspecified atom stereocenters. The normalized spacial score (nSPS) is 14.1. The molecule has 2 aromatic rings. The molecule has 1 aromatic heterocycles. The van der Waals surface area contributed by atoms with Gasteiger partial charge in [0.1, 0.15) is 10.8 Å². The molecule has 0 saturated carbocycles. The van der Waals surface area contributed by atoms with Gasteiger partial charge in [0.05, 0.1) is 24.0 Å². The third kappa shape index (κ3) is 4.78. The van der Waals surface area contributed by atoms with Crippen LogP contribution in [0.15, 0.2) is 41.6 Å². The summed E-state index contributed by atoms with van der Waals surface area (Å²) in [7, 11) is 5.31. The number of anilines is 2. The van der Waals surface area contributed by atoms with E-state index >= 15 is 0 Å². The van der Waals surface area contributed by atoms with E-state index in [4.69, 9.17) is 4.74 Å². The Labute approximate surface area is 177 Å². The van der Waals surface area contributed by atoms with Gasteiger partial charge in [-0.2, -0.15) is 0 Å². The number of methoxy groups -OCH3 is 1. The van der Waals surface area contributed by atoms with Crippen molar-refractivity contribution < 1.29 is 9.53 Å². The molecule has 0 atom stereocenters. The number of amides is 1. The first-order chi connectivity index (χ1) is 14.1. The van der Waals surface area contributed by atoms with Gasteiger partial charge in [-0.15, -0.1) is 11.8 Å². The van der Waals surface area contributed by atoms with E-state index in [1.54, 1.807) is 37.9 Å². The number of carbonyl (C=O) groups is 1. The summed E-state index contributed by atoms with van der Waals surface area (Å²) in [5.41, 5.74) is 2.83. The van der Waals surface area contributed by atoms with Crippen molar-refractivity contribution in [1.29, 1.82) is 0 Å². The molecule has 0 aliphatic carbocycles. The Hall–Kier alpha value is -2.41. The SMILES string of the molecule is CCCSc1nccc(N2CCN(c3ccccc3OC)CC2)c1C(=O)N(C)C. The zero-order valence-corrected chi connectivity index (χ0v) is 18.5. The smallest absolute Gasteiger partial charge is 0.258 e. The fourth-order valence-electron chi connectivity index (χ4n) is 3.51. The van der Waals surface area contributed by atoms with Crippen LogP contribution in [-0.4, -0.2) is 68.9 Å². The molecule has 29 heavy (non-hydrogen) atoms. The van der Waals surface area contributed by atoms with Crippen molar-refractivity contribution in [2.75, 3.05) is 62.9 Å². The van der Waals surface area contributed by atoms with Gasteiger partial charge in [-0.1, -0.05) is 19.1 Å². The number of hydrogen-bond acceptors (Lipinski definition) is 6. The van der Waals surface area contributed by atoms with Gasteiger partial charge in [-0.25, -0.2) is 4.98 Å². The van der Waals surface area contributed by atoms with Crippen molar-refractivity contribution in [1.82, 2.24) is 9.88 Å². The van der Waals surface area contributed by atoms with Crippen LogP contribution in [0.3, 0.4) is 0 Å². The average Bonchev–Trinajstić information content (AvgIpc) is 2.76. The molecule has 1 aliphatic rings. The molecule has 6 nitrogen and oxygen atoms in total. The van der Waals surface area contributed by atoms with E-state index < -0.39 is 0 Å². The molecular weight excluding hydrogens is 384 g/mol. The summed E-state index contributed by atoms with van der Waals surface area (Å²) in [4.78, 5) is 23.8. The first-order valence-electron chi connectivity index (χ1n) is 10.0. The molecule has 1 aliphatic heterocycles. The van der Waals surface area contributed by atoms with Gasteiger partial charge in [0, 0.05) is 46.5 Å². The second-order valence-corrected chi connectivity index (χ2v) is 8.29. The van der Waals surface area contributed by atoms with E-state index in [0.29, 0.717) is 0 Å². The quantitative estimate of drug-likeness (QED) is 0.645. The maximum absolute atomic E-state index is 13.0. The van der Waals surface area contributed by atoms with Gasteiger partial charge >= 0.3 is 0 Å². The Morgan fingerprint density at radius 3 is 2.38 bits per heavy atom. The van der Waals surface area contributed by atoms with E-state index in [0.717, 1.165) is 66.1 Å². The highest BCUT2D eigenvalue weighted by Crippen LogP contribution is 2.33. The summed E-state index contributed by atoms with van der Waals surface area (Å²) in [6, 6.07) is 10.1. The monoisotopic (exact) mass is 414 g/mol. The van der Waals surface area contributed by atoms with Crippen LogP contribution in [-0.2, 0) is 0 Å². The molecule has 3 rings (SSSR count). The van der Waals surface area contributed by atoms with Crippen LogP contribution in [0, 0.1) is 0 Å². The van der Waals surface area contributed by atoms with Gasteiger partial charge in [-0.05, 0) is 30.4 Å². The molecule has 0 N–H and O–H groups in total. The molecule has 0 spiro atoms. The fraction of sp³-hybridized carbons (Fsp3) is 0.455. The lowest BCUT2D eigenvalue weighted by molar-refractivity contribution is 0.0824. The van der Waals surface area contributed by atoms with Crippen LogP contribution in [0.5, 0.6) is 5.75 Å². The fourth-order valence-corrected chi connectivity index (χ4v) is 4.38. The number of aromatic nitrogens is 1. The standard InChI is InChI=1S/C22H30N4O2S/c1-5-16-29-21-20(22(27)24(2)3)18(10-11-23-21)26-14-12-25(13-15-26)17-8-6-7-9-19(17)28-4/h6-11H,5,12-16H2,1-4H3. The number of ether oxygens (including phenoxy) is 1. The maximum atomic E-state index is 13.0. The van der Waals surface area contributed by atoms with Crippen molar-refractivity contribution in [3.63, 3.8) is 0 Å². The first kappa shape index (κ1) is 21.3. The molecule has 1 saturated heterocycles. The van der Waals surface area contributed by atoms with E-state index in [1.807, 2.05) is 30.5 Å². The Bertz CT molecular complexity index is 835. The Balaban J connectivity index is 1.83.